The Bertz CT molecular complexity index is 1240. The normalized spacial score (nSPS) is 10.6. The third-order valence-electron chi connectivity index (χ3n) is 4.76. The van der Waals surface area contributed by atoms with Gasteiger partial charge >= 0.3 is 11.8 Å². The number of ether oxygens (including phenoxy) is 1. The van der Waals surface area contributed by atoms with Crippen molar-refractivity contribution in [2.24, 2.45) is 5.10 Å². The van der Waals surface area contributed by atoms with Crippen LogP contribution < -0.4 is 20.8 Å². The molecule has 8 nitrogen and oxygen atoms in total. The van der Waals surface area contributed by atoms with Crippen molar-refractivity contribution in [1.29, 1.82) is 0 Å². The lowest BCUT2D eigenvalue weighted by atomic mass is 10.1. The number of hydrogen-bond donors (Lipinski definition) is 3. The van der Waals surface area contributed by atoms with E-state index in [1.165, 1.54) is 6.21 Å². The van der Waals surface area contributed by atoms with Crippen molar-refractivity contribution >= 4 is 35.3 Å². The third-order valence-corrected chi connectivity index (χ3v) is 4.76. The molecule has 0 heterocycles. The monoisotopic (exact) mass is 458 g/mol. The first-order valence-electron chi connectivity index (χ1n) is 10.6. The second-order valence-corrected chi connectivity index (χ2v) is 7.75. The van der Waals surface area contributed by atoms with Crippen LogP contribution >= 0.6 is 0 Å². The Hall–Kier alpha value is -4.46. The molecule has 0 spiro atoms. The van der Waals surface area contributed by atoms with Gasteiger partial charge in [-0.15, -0.1) is 0 Å². The average Bonchev–Trinajstić information content (AvgIpc) is 2.80. The summed E-state index contributed by atoms with van der Waals surface area (Å²) in [6.07, 6.45) is 1.38. The van der Waals surface area contributed by atoms with Gasteiger partial charge < -0.3 is 15.4 Å². The van der Waals surface area contributed by atoms with Crippen molar-refractivity contribution in [3.05, 3.63) is 89.0 Å². The summed E-state index contributed by atoms with van der Waals surface area (Å²) in [7, 11) is 0. The molecule has 0 unspecified atom stereocenters. The number of anilines is 2. The molecule has 0 radical (unpaired) electrons. The van der Waals surface area contributed by atoms with Gasteiger partial charge in [0, 0.05) is 11.4 Å². The number of carbonyl (C=O) groups excluding carboxylic acids is 3. The van der Waals surface area contributed by atoms with E-state index in [9.17, 15) is 14.4 Å². The molecule has 8 heteroatoms. The number of nitrogens with one attached hydrogen (secondary N) is 3. The number of benzene rings is 3. The van der Waals surface area contributed by atoms with E-state index in [-0.39, 0.29) is 12.5 Å². The van der Waals surface area contributed by atoms with E-state index >= 15 is 0 Å². The lowest BCUT2D eigenvalue weighted by Gasteiger charge is -2.10. The number of hydrazone groups is 1. The summed E-state index contributed by atoms with van der Waals surface area (Å²) in [4.78, 5) is 36.2. The van der Waals surface area contributed by atoms with Crippen LogP contribution in [0.2, 0.25) is 0 Å². The van der Waals surface area contributed by atoms with Crippen molar-refractivity contribution in [1.82, 2.24) is 5.43 Å². The maximum absolute atomic E-state index is 12.2. The molecular weight excluding hydrogens is 432 g/mol. The Kier molecular flexibility index (Phi) is 8.12. The van der Waals surface area contributed by atoms with E-state index in [2.05, 4.69) is 21.2 Å². The van der Waals surface area contributed by atoms with Crippen LogP contribution in [0.15, 0.2) is 71.8 Å². The van der Waals surface area contributed by atoms with Gasteiger partial charge in [-0.1, -0.05) is 36.4 Å². The number of rotatable bonds is 7. The van der Waals surface area contributed by atoms with Gasteiger partial charge in [-0.25, -0.2) is 5.43 Å². The van der Waals surface area contributed by atoms with Crippen LogP contribution in [-0.4, -0.2) is 30.5 Å². The fourth-order valence-electron chi connectivity index (χ4n) is 3.02. The van der Waals surface area contributed by atoms with Crippen LogP contribution in [0.5, 0.6) is 5.75 Å². The molecule has 3 N–H and O–H groups in total. The lowest BCUT2D eigenvalue weighted by molar-refractivity contribution is -0.136. The van der Waals surface area contributed by atoms with Crippen molar-refractivity contribution in [3.63, 3.8) is 0 Å². The second kappa shape index (κ2) is 11.4. The molecular formula is C26H26N4O4. The summed E-state index contributed by atoms with van der Waals surface area (Å²) in [5, 5.41) is 9.16. The van der Waals surface area contributed by atoms with E-state index in [1.54, 1.807) is 42.5 Å². The molecule has 174 valence electrons. The topological polar surface area (TPSA) is 109 Å². The number of nitrogens with zero attached hydrogens (tertiary/aromatic N) is 1. The Morgan fingerprint density at radius 3 is 2.41 bits per heavy atom. The highest BCUT2D eigenvalue weighted by Gasteiger charge is 2.12. The molecule has 0 aliphatic rings. The summed E-state index contributed by atoms with van der Waals surface area (Å²) in [5.41, 5.74) is 7.05. The van der Waals surface area contributed by atoms with Crippen molar-refractivity contribution in [2.75, 3.05) is 17.2 Å². The number of aryl methyl sites for hydroxylation is 3. The van der Waals surface area contributed by atoms with Crippen molar-refractivity contribution < 1.29 is 19.1 Å². The standard InChI is InChI=1S/C26H26N4O4/c1-17-6-4-8-21(12-17)28-25(32)26(33)30-27-15-20-7-5-9-22(14-20)34-16-24(31)29-23-13-18(2)10-11-19(23)3/h4-15H,16H2,1-3H3,(H,28,32)(H,29,31)(H,30,33)/b27-15-. The average molecular weight is 459 g/mol. The highest BCUT2D eigenvalue weighted by molar-refractivity contribution is 6.39. The fourth-order valence-corrected chi connectivity index (χ4v) is 3.02. The minimum atomic E-state index is -0.895. The third kappa shape index (κ3) is 7.30. The van der Waals surface area contributed by atoms with Gasteiger partial charge in [-0.3, -0.25) is 14.4 Å². The quantitative estimate of drug-likeness (QED) is 0.285. The zero-order valence-corrected chi connectivity index (χ0v) is 19.2. The highest BCUT2D eigenvalue weighted by atomic mass is 16.5. The van der Waals surface area contributed by atoms with E-state index in [1.807, 2.05) is 45.0 Å². The number of hydrogen-bond acceptors (Lipinski definition) is 5. The van der Waals surface area contributed by atoms with E-state index < -0.39 is 11.8 Å². The predicted molar refractivity (Wildman–Crippen MR) is 132 cm³/mol. The summed E-state index contributed by atoms with van der Waals surface area (Å²) >= 11 is 0. The first kappa shape index (κ1) is 24.2. The van der Waals surface area contributed by atoms with Gasteiger partial charge in [-0.05, 0) is 73.4 Å². The zero-order chi connectivity index (χ0) is 24.5. The van der Waals surface area contributed by atoms with Crippen molar-refractivity contribution in [2.45, 2.75) is 20.8 Å². The summed E-state index contributed by atoms with van der Waals surface area (Å²) in [6, 6.07) is 19.8. The zero-order valence-electron chi connectivity index (χ0n) is 19.2. The van der Waals surface area contributed by atoms with Crippen LogP contribution in [0.3, 0.4) is 0 Å². The predicted octanol–water partition coefficient (Wildman–Crippen LogP) is 3.72. The molecule has 0 saturated carbocycles. The molecule has 0 fully saturated rings. The van der Waals surface area contributed by atoms with Gasteiger partial charge in [0.2, 0.25) is 0 Å². The molecule has 0 aliphatic carbocycles. The minimum absolute atomic E-state index is 0.163. The summed E-state index contributed by atoms with van der Waals surface area (Å²) in [5.74, 6) is -1.54. The van der Waals surface area contributed by atoms with Crippen LogP contribution in [0.4, 0.5) is 11.4 Å². The van der Waals surface area contributed by atoms with Gasteiger partial charge in [0.1, 0.15) is 5.75 Å². The molecule has 0 atom stereocenters. The van der Waals surface area contributed by atoms with E-state index in [0.717, 1.165) is 22.4 Å². The highest BCUT2D eigenvalue weighted by Crippen LogP contribution is 2.17. The van der Waals surface area contributed by atoms with Gasteiger partial charge in [-0.2, -0.15) is 5.10 Å². The molecule has 0 aromatic heterocycles. The largest absolute Gasteiger partial charge is 0.484 e. The molecule has 3 amide bonds. The Labute approximate surface area is 198 Å². The smallest absolute Gasteiger partial charge is 0.329 e. The lowest BCUT2D eigenvalue weighted by Crippen LogP contribution is -2.32. The van der Waals surface area contributed by atoms with E-state index in [0.29, 0.717) is 17.0 Å². The first-order chi connectivity index (χ1) is 16.3. The van der Waals surface area contributed by atoms with Gasteiger partial charge in [0.25, 0.3) is 5.91 Å². The summed E-state index contributed by atoms with van der Waals surface area (Å²) in [6.45, 7) is 5.60. The Morgan fingerprint density at radius 2 is 1.62 bits per heavy atom. The first-order valence-corrected chi connectivity index (χ1v) is 10.6. The van der Waals surface area contributed by atoms with Gasteiger partial charge in [0.15, 0.2) is 6.61 Å². The Morgan fingerprint density at radius 1 is 0.853 bits per heavy atom. The molecule has 0 saturated heterocycles. The van der Waals surface area contributed by atoms with Crippen LogP contribution in [-0.2, 0) is 14.4 Å². The maximum Gasteiger partial charge on any atom is 0.329 e. The molecule has 0 aliphatic heterocycles. The maximum atomic E-state index is 12.2. The second-order valence-electron chi connectivity index (χ2n) is 7.75. The minimum Gasteiger partial charge on any atom is -0.484 e. The van der Waals surface area contributed by atoms with E-state index in [4.69, 9.17) is 4.74 Å². The fraction of sp³-hybridized carbons (Fsp3) is 0.154. The molecule has 0 bridgehead atoms. The molecule has 3 aromatic carbocycles. The van der Waals surface area contributed by atoms with Crippen LogP contribution in [0.25, 0.3) is 0 Å². The van der Waals surface area contributed by atoms with Crippen molar-refractivity contribution in [3.8, 4) is 5.75 Å². The number of amides is 3. The van der Waals surface area contributed by atoms with Gasteiger partial charge in [0.05, 0.1) is 6.21 Å². The van der Waals surface area contributed by atoms with Crippen LogP contribution in [0, 0.1) is 20.8 Å². The summed E-state index contributed by atoms with van der Waals surface area (Å²) < 4.78 is 5.57. The molecule has 34 heavy (non-hydrogen) atoms. The molecule has 3 aromatic rings. The SMILES string of the molecule is Cc1cccc(NC(=O)C(=O)N/N=C\c2cccc(OCC(=O)Nc3cc(C)ccc3C)c2)c1. The number of carbonyl (C=O) groups is 3. The van der Waals surface area contributed by atoms with Crippen LogP contribution in [0.1, 0.15) is 22.3 Å². The molecule has 3 rings (SSSR count). The Balaban J connectivity index is 1.49.